The van der Waals surface area contributed by atoms with E-state index in [2.05, 4.69) is 30.0 Å². The summed E-state index contributed by atoms with van der Waals surface area (Å²) in [6, 6.07) is 12.3. The van der Waals surface area contributed by atoms with Crippen molar-refractivity contribution in [2.24, 2.45) is 0 Å². The summed E-state index contributed by atoms with van der Waals surface area (Å²) >= 11 is 0. The molecular formula is C34H41NO6. The van der Waals surface area contributed by atoms with Crippen molar-refractivity contribution in [3.63, 3.8) is 0 Å². The number of nitrogens with zero attached hydrogens (tertiary/aromatic N) is 1. The summed E-state index contributed by atoms with van der Waals surface area (Å²) in [4.78, 5) is 15.1. The van der Waals surface area contributed by atoms with Crippen LogP contribution in [-0.4, -0.2) is 44.0 Å². The molecule has 0 aliphatic carbocycles. The van der Waals surface area contributed by atoms with Crippen LogP contribution in [0.5, 0.6) is 17.2 Å². The molecule has 2 aliphatic rings. The zero-order valence-electron chi connectivity index (χ0n) is 25.2. The zero-order valence-corrected chi connectivity index (χ0v) is 25.2. The Hall–Kier alpha value is -3.71. The Bertz CT molecular complexity index is 1470. The van der Waals surface area contributed by atoms with Gasteiger partial charge in [0.05, 0.1) is 26.4 Å². The summed E-state index contributed by atoms with van der Waals surface area (Å²) in [6.45, 7) is 12.1. The lowest BCUT2D eigenvalue weighted by Gasteiger charge is -2.30. The first-order valence-electron chi connectivity index (χ1n) is 14.3. The minimum absolute atomic E-state index is 0.635. The molecule has 3 aromatic rings. The molecule has 0 saturated carbocycles. The number of carboxylic acid groups (broad SMARTS) is 1. The van der Waals surface area contributed by atoms with Crippen molar-refractivity contribution >= 4 is 11.7 Å². The van der Waals surface area contributed by atoms with Crippen LogP contribution in [0.4, 0.5) is 5.69 Å². The number of methoxy groups -OCH3 is 2. The van der Waals surface area contributed by atoms with E-state index in [4.69, 9.17) is 18.9 Å². The highest BCUT2D eigenvalue weighted by Crippen LogP contribution is 2.47. The third-order valence-corrected chi connectivity index (χ3v) is 8.06. The number of carboxylic acids is 1. The smallest absolute Gasteiger partial charge is 0.337 e. The van der Waals surface area contributed by atoms with E-state index < -0.39 is 17.7 Å². The lowest BCUT2D eigenvalue weighted by Crippen LogP contribution is -2.28. The lowest BCUT2D eigenvalue weighted by atomic mass is 9.83. The Balaban J connectivity index is 1.68. The van der Waals surface area contributed by atoms with Gasteiger partial charge in [-0.2, -0.15) is 0 Å². The fraction of sp³-hybridized carbons (Fsp3) is 0.441. The van der Waals surface area contributed by atoms with Crippen molar-refractivity contribution in [2.45, 2.75) is 72.1 Å². The van der Waals surface area contributed by atoms with E-state index in [9.17, 15) is 9.90 Å². The SMILES string of the molecule is COc1ccc(CN2CCc3c2cc(C)c([C@H](OC(C)(C)C)C(=O)O)c3-c2ccc3c(c2C)CCCO3)cc1OC. The normalized spacial score (nSPS) is 15.1. The van der Waals surface area contributed by atoms with Crippen LogP contribution in [0.25, 0.3) is 11.1 Å². The predicted molar refractivity (Wildman–Crippen MR) is 161 cm³/mol. The van der Waals surface area contributed by atoms with Gasteiger partial charge in [-0.25, -0.2) is 4.79 Å². The van der Waals surface area contributed by atoms with Gasteiger partial charge in [-0.05, 0) is 117 Å². The minimum atomic E-state index is -1.10. The third-order valence-electron chi connectivity index (χ3n) is 8.06. The van der Waals surface area contributed by atoms with Gasteiger partial charge in [0, 0.05) is 24.3 Å². The van der Waals surface area contributed by atoms with E-state index in [1.165, 1.54) is 5.56 Å². The number of ether oxygens (including phenoxy) is 4. The van der Waals surface area contributed by atoms with Gasteiger partial charge in [-0.15, -0.1) is 0 Å². The molecular weight excluding hydrogens is 518 g/mol. The number of carbonyl (C=O) groups is 1. The van der Waals surface area contributed by atoms with Crippen molar-refractivity contribution in [1.82, 2.24) is 0 Å². The second-order valence-corrected chi connectivity index (χ2v) is 12.0. The maximum absolute atomic E-state index is 12.8. The van der Waals surface area contributed by atoms with E-state index in [-0.39, 0.29) is 0 Å². The highest BCUT2D eigenvalue weighted by molar-refractivity contribution is 5.88. The van der Waals surface area contributed by atoms with Gasteiger partial charge in [-0.3, -0.25) is 0 Å². The molecule has 0 aromatic heterocycles. The topological polar surface area (TPSA) is 77.5 Å². The second-order valence-electron chi connectivity index (χ2n) is 12.0. The number of rotatable bonds is 8. The molecule has 0 radical (unpaired) electrons. The van der Waals surface area contributed by atoms with Crippen molar-refractivity contribution in [2.75, 3.05) is 32.3 Å². The Kier molecular flexibility index (Phi) is 7.93. The van der Waals surface area contributed by atoms with E-state index in [1.807, 2.05) is 45.9 Å². The minimum Gasteiger partial charge on any atom is -0.493 e. The van der Waals surface area contributed by atoms with Crippen LogP contribution in [0, 0.1) is 13.8 Å². The van der Waals surface area contributed by atoms with Gasteiger partial charge < -0.3 is 29.0 Å². The molecule has 41 heavy (non-hydrogen) atoms. The summed E-state index contributed by atoms with van der Waals surface area (Å²) in [5, 5.41) is 10.5. The van der Waals surface area contributed by atoms with Crippen molar-refractivity contribution < 1.29 is 28.8 Å². The van der Waals surface area contributed by atoms with Crippen LogP contribution in [-0.2, 0) is 28.9 Å². The zero-order chi connectivity index (χ0) is 29.5. The van der Waals surface area contributed by atoms with Gasteiger partial charge in [0.1, 0.15) is 5.75 Å². The average Bonchev–Trinajstić information content (AvgIpc) is 3.32. The highest BCUT2D eigenvalue weighted by atomic mass is 16.5. The molecule has 5 rings (SSSR count). The summed E-state index contributed by atoms with van der Waals surface area (Å²) in [5.41, 5.74) is 8.80. The summed E-state index contributed by atoms with van der Waals surface area (Å²) in [5.74, 6) is 1.35. The van der Waals surface area contributed by atoms with E-state index in [0.717, 1.165) is 82.8 Å². The first-order chi connectivity index (χ1) is 19.5. The Morgan fingerprint density at radius 3 is 2.46 bits per heavy atom. The Labute approximate surface area is 243 Å². The van der Waals surface area contributed by atoms with Crippen LogP contribution >= 0.6 is 0 Å². The maximum atomic E-state index is 12.8. The van der Waals surface area contributed by atoms with Gasteiger partial charge in [0.25, 0.3) is 0 Å². The van der Waals surface area contributed by atoms with Gasteiger partial charge in [0.2, 0.25) is 0 Å². The van der Waals surface area contributed by atoms with E-state index in [0.29, 0.717) is 18.0 Å². The molecule has 1 atom stereocenters. The van der Waals surface area contributed by atoms with Crippen LogP contribution in [0.2, 0.25) is 0 Å². The fourth-order valence-corrected chi connectivity index (χ4v) is 6.24. The summed E-state index contributed by atoms with van der Waals surface area (Å²) in [6.07, 6.45) is 1.63. The molecule has 1 N–H and O–H groups in total. The van der Waals surface area contributed by atoms with Gasteiger partial charge in [-0.1, -0.05) is 12.1 Å². The van der Waals surface area contributed by atoms with E-state index in [1.54, 1.807) is 14.2 Å². The molecule has 0 fully saturated rings. The molecule has 7 heteroatoms. The molecule has 2 aliphatic heterocycles. The Morgan fingerprint density at radius 2 is 1.78 bits per heavy atom. The van der Waals surface area contributed by atoms with Crippen LogP contribution < -0.4 is 19.1 Å². The van der Waals surface area contributed by atoms with Crippen molar-refractivity contribution in [1.29, 1.82) is 0 Å². The molecule has 0 spiro atoms. The molecule has 3 aromatic carbocycles. The average molecular weight is 560 g/mol. The number of fused-ring (bicyclic) bond motifs is 2. The highest BCUT2D eigenvalue weighted by Gasteiger charge is 2.35. The number of benzene rings is 3. The van der Waals surface area contributed by atoms with Gasteiger partial charge >= 0.3 is 5.97 Å². The number of hydrogen-bond acceptors (Lipinski definition) is 6. The van der Waals surface area contributed by atoms with Crippen LogP contribution in [0.3, 0.4) is 0 Å². The molecule has 0 unspecified atom stereocenters. The van der Waals surface area contributed by atoms with Crippen molar-refractivity contribution in [3.05, 3.63) is 69.8 Å². The largest absolute Gasteiger partial charge is 0.493 e. The number of aryl methyl sites for hydroxylation is 1. The molecule has 7 nitrogen and oxygen atoms in total. The van der Waals surface area contributed by atoms with E-state index >= 15 is 0 Å². The summed E-state index contributed by atoms with van der Waals surface area (Å²) in [7, 11) is 3.28. The molecule has 0 saturated heterocycles. The first kappa shape index (κ1) is 28.8. The second kappa shape index (κ2) is 11.3. The molecule has 2 heterocycles. The van der Waals surface area contributed by atoms with Gasteiger partial charge in [0.15, 0.2) is 17.6 Å². The van der Waals surface area contributed by atoms with Crippen LogP contribution in [0.1, 0.15) is 66.7 Å². The predicted octanol–water partition coefficient (Wildman–Crippen LogP) is 6.82. The monoisotopic (exact) mass is 559 g/mol. The number of anilines is 1. The lowest BCUT2D eigenvalue weighted by molar-refractivity contribution is -0.160. The number of hydrogen-bond donors (Lipinski definition) is 1. The molecule has 218 valence electrons. The third kappa shape index (κ3) is 5.60. The summed E-state index contributed by atoms with van der Waals surface area (Å²) < 4.78 is 23.2. The fourth-order valence-electron chi connectivity index (χ4n) is 6.24. The standard InChI is InChI=1S/C34H41NO6/c1-20-17-26-25(14-15-35(26)19-22-10-12-28(38-6)29(18-22)39-7)31(30(20)32(33(36)37)41-34(3,4)5)24-11-13-27-23(21(24)2)9-8-16-40-27/h10-13,17-18,32H,8-9,14-16,19H2,1-7H3,(H,36,37)/t32-/m0/s1. The quantitative estimate of drug-likeness (QED) is 0.325. The Morgan fingerprint density at radius 1 is 1.02 bits per heavy atom. The maximum Gasteiger partial charge on any atom is 0.337 e. The first-order valence-corrected chi connectivity index (χ1v) is 14.3. The van der Waals surface area contributed by atoms with Crippen molar-refractivity contribution in [3.8, 4) is 28.4 Å². The molecule has 0 amide bonds. The number of aliphatic carboxylic acids is 1. The molecule has 0 bridgehead atoms. The van der Waals surface area contributed by atoms with Crippen LogP contribution in [0.15, 0.2) is 36.4 Å².